The minimum absolute atomic E-state index is 0.337. The maximum Gasteiger partial charge on any atom is 0.223 e. The monoisotopic (exact) mass is 276 g/mol. The first-order valence-electron chi connectivity index (χ1n) is 6.32. The summed E-state index contributed by atoms with van der Waals surface area (Å²) in [5, 5.41) is 5.45. The first kappa shape index (κ1) is 14.0. The Morgan fingerprint density at radius 2 is 1.95 bits per heavy atom. The summed E-state index contributed by atoms with van der Waals surface area (Å²) in [6.07, 6.45) is 0. The van der Waals surface area contributed by atoms with Gasteiger partial charge in [0.05, 0.1) is 6.04 Å². The van der Waals surface area contributed by atoms with E-state index in [1.807, 2.05) is 19.9 Å². The Hall–Kier alpha value is -1.46. The van der Waals surface area contributed by atoms with Crippen LogP contribution in [0.2, 0.25) is 0 Å². The van der Waals surface area contributed by atoms with Crippen molar-refractivity contribution < 1.29 is 0 Å². The molecule has 0 unspecified atom stereocenters. The van der Waals surface area contributed by atoms with Gasteiger partial charge in [-0.15, -0.1) is 11.3 Å². The molecule has 5 heteroatoms. The van der Waals surface area contributed by atoms with E-state index in [2.05, 4.69) is 51.8 Å². The van der Waals surface area contributed by atoms with Crippen LogP contribution in [0.1, 0.15) is 22.3 Å². The highest BCUT2D eigenvalue weighted by Gasteiger charge is 2.15. The Morgan fingerprint density at radius 3 is 2.47 bits per heavy atom. The van der Waals surface area contributed by atoms with Crippen molar-refractivity contribution in [2.75, 3.05) is 26.0 Å². The van der Waals surface area contributed by atoms with Crippen molar-refractivity contribution in [1.82, 2.24) is 14.9 Å². The summed E-state index contributed by atoms with van der Waals surface area (Å²) < 4.78 is 0. The highest BCUT2D eigenvalue weighted by atomic mass is 32.1. The SMILES string of the molecule is Cc1cc(C)nc(NC[C@@H](c2cccs2)N(C)C)n1. The molecule has 2 aromatic rings. The van der Waals surface area contributed by atoms with Gasteiger partial charge in [0.25, 0.3) is 0 Å². The standard InChI is InChI=1S/C14H20N4S/c1-10-8-11(2)17-14(16-10)15-9-12(18(3)4)13-6-5-7-19-13/h5-8,12H,9H2,1-4H3,(H,15,16,17)/t12-/m0/s1. The number of rotatable bonds is 5. The number of aromatic nitrogens is 2. The van der Waals surface area contributed by atoms with E-state index in [9.17, 15) is 0 Å². The van der Waals surface area contributed by atoms with Gasteiger partial charge in [-0.1, -0.05) is 6.07 Å². The van der Waals surface area contributed by atoms with E-state index in [1.54, 1.807) is 11.3 Å². The van der Waals surface area contributed by atoms with Crippen LogP contribution < -0.4 is 5.32 Å². The normalized spacial score (nSPS) is 12.7. The zero-order valence-corrected chi connectivity index (χ0v) is 12.7. The van der Waals surface area contributed by atoms with Gasteiger partial charge in [-0.05, 0) is 45.5 Å². The molecule has 2 aromatic heterocycles. The molecule has 1 N–H and O–H groups in total. The molecule has 1 atom stereocenters. The zero-order valence-electron chi connectivity index (χ0n) is 11.8. The molecule has 0 radical (unpaired) electrons. The molecule has 0 spiro atoms. The predicted molar refractivity (Wildman–Crippen MR) is 80.7 cm³/mol. The number of aryl methyl sites for hydroxylation is 2. The third-order valence-corrected chi connectivity index (χ3v) is 3.90. The van der Waals surface area contributed by atoms with Gasteiger partial charge < -0.3 is 10.2 Å². The minimum Gasteiger partial charge on any atom is -0.352 e. The lowest BCUT2D eigenvalue weighted by Crippen LogP contribution is -2.26. The molecule has 2 rings (SSSR count). The molecular weight excluding hydrogens is 256 g/mol. The average Bonchev–Trinajstić information content (AvgIpc) is 2.81. The van der Waals surface area contributed by atoms with Gasteiger partial charge in [0.2, 0.25) is 5.95 Å². The number of hydrogen-bond donors (Lipinski definition) is 1. The molecule has 19 heavy (non-hydrogen) atoms. The first-order chi connectivity index (χ1) is 9.06. The quantitative estimate of drug-likeness (QED) is 0.911. The summed E-state index contributed by atoms with van der Waals surface area (Å²) in [6, 6.07) is 6.57. The second kappa shape index (κ2) is 6.12. The fraction of sp³-hybridized carbons (Fsp3) is 0.429. The lowest BCUT2D eigenvalue weighted by molar-refractivity contribution is 0.316. The van der Waals surface area contributed by atoms with Crippen LogP contribution in [0.25, 0.3) is 0 Å². The van der Waals surface area contributed by atoms with Crippen molar-refractivity contribution in [3.8, 4) is 0 Å². The molecule has 0 saturated heterocycles. The molecule has 0 aliphatic heterocycles. The van der Waals surface area contributed by atoms with Gasteiger partial charge in [-0.25, -0.2) is 9.97 Å². The molecule has 0 aliphatic rings. The number of likely N-dealkylation sites (N-methyl/N-ethyl adjacent to an activating group) is 1. The number of anilines is 1. The van der Waals surface area contributed by atoms with E-state index in [0.29, 0.717) is 12.0 Å². The second-order valence-electron chi connectivity index (χ2n) is 4.85. The van der Waals surface area contributed by atoms with Crippen molar-refractivity contribution in [2.24, 2.45) is 0 Å². The zero-order chi connectivity index (χ0) is 13.8. The first-order valence-corrected chi connectivity index (χ1v) is 7.20. The number of hydrogen-bond acceptors (Lipinski definition) is 5. The molecule has 4 nitrogen and oxygen atoms in total. The van der Waals surface area contributed by atoms with Crippen LogP contribution in [0.4, 0.5) is 5.95 Å². The Kier molecular flexibility index (Phi) is 4.50. The molecule has 0 fully saturated rings. The van der Waals surface area contributed by atoms with E-state index in [4.69, 9.17) is 0 Å². The third kappa shape index (κ3) is 3.75. The molecule has 0 bridgehead atoms. The molecule has 2 heterocycles. The number of nitrogens with zero attached hydrogens (tertiary/aromatic N) is 3. The van der Waals surface area contributed by atoms with Gasteiger partial charge in [0.15, 0.2) is 0 Å². The summed E-state index contributed by atoms with van der Waals surface area (Å²) in [5.41, 5.74) is 1.99. The van der Waals surface area contributed by atoms with Crippen molar-refractivity contribution in [3.63, 3.8) is 0 Å². The van der Waals surface area contributed by atoms with Gasteiger partial charge in [-0.2, -0.15) is 0 Å². The molecule has 0 aromatic carbocycles. The topological polar surface area (TPSA) is 41.1 Å². The highest BCUT2D eigenvalue weighted by Crippen LogP contribution is 2.23. The molecule has 0 aliphatic carbocycles. The Morgan fingerprint density at radius 1 is 1.26 bits per heavy atom. The van der Waals surface area contributed by atoms with Crippen LogP contribution in [0.3, 0.4) is 0 Å². The van der Waals surface area contributed by atoms with Crippen LogP contribution in [0, 0.1) is 13.8 Å². The van der Waals surface area contributed by atoms with E-state index in [-0.39, 0.29) is 0 Å². The number of nitrogens with one attached hydrogen (secondary N) is 1. The Labute approximate surface area is 118 Å². The van der Waals surface area contributed by atoms with Crippen LogP contribution in [-0.2, 0) is 0 Å². The van der Waals surface area contributed by atoms with Crippen molar-refractivity contribution in [1.29, 1.82) is 0 Å². The molecular formula is C14H20N4S. The lowest BCUT2D eigenvalue weighted by atomic mass is 10.2. The largest absolute Gasteiger partial charge is 0.352 e. The Balaban J connectivity index is 2.07. The predicted octanol–water partition coefficient (Wildman–Crippen LogP) is 2.87. The van der Waals surface area contributed by atoms with Crippen molar-refractivity contribution >= 4 is 17.3 Å². The fourth-order valence-electron chi connectivity index (χ4n) is 2.01. The van der Waals surface area contributed by atoms with E-state index in [0.717, 1.165) is 17.9 Å². The molecule has 0 amide bonds. The van der Waals surface area contributed by atoms with Gasteiger partial charge >= 0.3 is 0 Å². The fourth-order valence-corrected chi connectivity index (χ4v) is 2.93. The van der Waals surface area contributed by atoms with Crippen LogP contribution in [0.15, 0.2) is 23.6 Å². The van der Waals surface area contributed by atoms with Gasteiger partial charge in [-0.3, -0.25) is 0 Å². The van der Waals surface area contributed by atoms with Crippen LogP contribution in [-0.4, -0.2) is 35.5 Å². The van der Waals surface area contributed by atoms with Crippen molar-refractivity contribution in [3.05, 3.63) is 39.8 Å². The minimum atomic E-state index is 0.337. The van der Waals surface area contributed by atoms with E-state index >= 15 is 0 Å². The Bertz CT molecular complexity index is 502. The smallest absolute Gasteiger partial charge is 0.223 e. The van der Waals surface area contributed by atoms with E-state index in [1.165, 1.54) is 4.88 Å². The summed E-state index contributed by atoms with van der Waals surface area (Å²) in [6.45, 7) is 4.78. The molecule has 0 saturated carbocycles. The van der Waals surface area contributed by atoms with Crippen molar-refractivity contribution in [2.45, 2.75) is 19.9 Å². The van der Waals surface area contributed by atoms with E-state index < -0.39 is 0 Å². The van der Waals surface area contributed by atoms with Gasteiger partial charge in [0.1, 0.15) is 0 Å². The second-order valence-corrected chi connectivity index (χ2v) is 5.83. The van der Waals surface area contributed by atoms with Crippen LogP contribution in [0.5, 0.6) is 0 Å². The van der Waals surface area contributed by atoms with Crippen LogP contribution >= 0.6 is 11.3 Å². The number of thiophene rings is 1. The summed E-state index contributed by atoms with van der Waals surface area (Å²) >= 11 is 1.78. The summed E-state index contributed by atoms with van der Waals surface area (Å²) in [4.78, 5) is 12.4. The summed E-state index contributed by atoms with van der Waals surface area (Å²) in [7, 11) is 4.18. The molecule has 102 valence electrons. The summed E-state index contributed by atoms with van der Waals surface area (Å²) in [5.74, 6) is 0.709. The maximum absolute atomic E-state index is 4.41. The van der Waals surface area contributed by atoms with Gasteiger partial charge in [0, 0.05) is 22.8 Å². The average molecular weight is 276 g/mol. The maximum atomic E-state index is 4.41. The highest BCUT2D eigenvalue weighted by molar-refractivity contribution is 7.10. The lowest BCUT2D eigenvalue weighted by Gasteiger charge is -2.23. The third-order valence-electron chi connectivity index (χ3n) is 2.93.